The number of nitrogens with one attached hydrogen (secondary N) is 1. The third-order valence-electron chi connectivity index (χ3n) is 4.28. The van der Waals surface area contributed by atoms with Crippen LogP contribution in [0.1, 0.15) is 30.2 Å². The molecule has 0 aliphatic carbocycles. The van der Waals surface area contributed by atoms with E-state index in [1.807, 2.05) is 13.1 Å². The summed E-state index contributed by atoms with van der Waals surface area (Å²) < 4.78 is 5.48. The molecule has 0 spiro atoms. The molecule has 0 saturated carbocycles. The maximum atomic E-state index is 5.48. The zero-order chi connectivity index (χ0) is 14.8. The summed E-state index contributed by atoms with van der Waals surface area (Å²) in [7, 11) is 3.91. The van der Waals surface area contributed by atoms with Crippen LogP contribution in [-0.4, -0.2) is 43.7 Å². The Morgan fingerprint density at radius 1 is 1.43 bits per heavy atom. The Labute approximate surface area is 134 Å². The van der Waals surface area contributed by atoms with Gasteiger partial charge in [-0.2, -0.15) is 0 Å². The number of aryl methyl sites for hydroxylation is 1. The van der Waals surface area contributed by atoms with Crippen molar-refractivity contribution in [1.82, 2.24) is 15.2 Å². The van der Waals surface area contributed by atoms with Gasteiger partial charge in [-0.3, -0.25) is 9.88 Å². The molecule has 2 heterocycles. The number of pyridine rings is 1. The molecule has 0 radical (unpaired) electrons. The lowest BCUT2D eigenvalue weighted by Gasteiger charge is -2.29. The molecule has 4 nitrogen and oxygen atoms in total. The number of rotatable bonds is 5. The Bertz CT molecular complexity index is 473. The third kappa shape index (κ3) is 4.31. The summed E-state index contributed by atoms with van der Waals surface area (Å²) in [4.78, 5) is 6.96. The molecule has 0 amide bonds. The van der Waals surface area contributed by atoms with E-state index >= 15 is 0 Å². The van der Waals surface area contributed by atoms with Crippen molar-refractivity contribution in [2.75, 3.05) is 33.8 Å². The fourth-order valence-electron chi connectivity index (χ4n) is 3.20. The molecule has 120 valence electrons. The van der Waals surface area contributed by atoms with Crippen molar-refractivity contribution < 1.29 is 4.74 Å². The molecule has 1 N–H and O–H groups in total. The minimum absolute atomic E-state index is 0. The van der Waals surface area contributed by atoms with Gasteiger partial charge in [0, 0.05) is 37.0 Å². The molecule has 0 aromatic carbocycles. The lowest BCUT2D eigenvalue weighted by Crippen LogP contribution is -2.35. The van der Waals surface area contributed by atoms with Gasteiger partial charge in [0.25, 0.3) is 0 Å². The van der Waals surface area contributed by atoms with Crippen LogP contribution in [0.15, 0.2) is 6.20 Å². The van der Waals surface area contributed by atoms with Gasteiger partial charge < -0.3 is 10.1 Å². The standard InChI is InChI=1S/C16H27N3O.ClH/c1-12-8-18-14(13(2)15(12)20-5)9-19(4)11-16(3)6-7-17-10-16;/h8,17H,6-7,9-11H2,1-5H3;1H. The Kier molecular flexibility index (Phi) is 6.44. The second-order valence-corrected chi connectivity index (χ2v) is 6.46. The minimum atomic E-state index is 0. The summed E-state index contributed by atoms with van der Waals surface area (Å²) >= 11 is 0. The zero-order valence-electron chi connectivity index (χ0n) is 13.8. The van der Waals surface area contributed by atoms with E-state index in [9.17, 15) is 0 Å². The van der Waals surface area contributed by atoms with Gasteiger partial charge in [0.05, 0.1) is 12.8 Å². The molecule has 1 atom stereocenters. The van der Waals surface area contributed by atoms with Gasteiger partial charge in [0.1, 0.15) is 5.75 Å². The largest absolute Gasteiger partial charge is 0.496 e. The van der Waals surface area contributed by atoms with Gasteiger partial charge in [-0.1, -0.05) is 6.92 Å². The Balaban J connectivity index is 0.00000220. The van der Waals surface area contributed by atoms with Crippen LogP contribution in [0.2, 0.25) is 0 Å². The van der Waals surface area contributed by atoms with Crippen LogP contribution >= 0.6 is 12.4 Å². The Morgan fingerprint density at radius 3 is 2.71 bits per heavy atom. The second-order valence-electron chi connectivity index (χ2n) is 6.46. The number of ether oxygens (including phenoxy) is 1. The summed E-state index contributed by atoms with van der Waals surface area (Å²) in [6.07, 6.45) is 3.16. The summed E-state index contributed by atoms with van der Waals surface area (Å²) in [5, 5.41) is 3.46. The molecule has 1 saturated heterocycles. The lowest BCUT2D eigenvalue weighted by atomic mass is 9.89. The van der Waals surface area contributed by atoms with E-state index in [0.29, 0.717) is 5.41 Å². The van der Waals surface area contributed by atoms with Crippen molar-refractivity contribution in [2.45, 2.75) is 33.7 Å². The fraction of sp³-hybridized carbons (Fsp3) is 0.688. The Hall–Kier alpha value is -0.840. The first kappa shape index (κ1) is 18.2. The van der Waals surface area contributed by atoms with Crippen molar-refractivity contribution in [3.63, 3.8) is 0 Å². The predicted molar refractivity (Wildman–Crippen MR) is 89.4 cm³/mol. The average molecular weight is 314 g/mol. The Morgan fingerprint density at radius 2 is 2.14 bits per heavy atom. The monoisotopic (exact) mass is 313 g/mol. The number of nitrogens with zero attached hydrogens (tertiary/aromatic N) is 2. The number of halogens is 1. The topological polar surface area (TPSA) is 37.4 Å². The van der Waals surface area contributed by atoms with Crippen LogP contribution in [0.25, 0.3) is 0 Å². The van der Waals surface area contributed by atoms with Gasteiger partial charge in [-0.25, -0.2) is 0 Å². The smallest absolute Gasteiger partial charge is 0.128 e. The van der Waals surface area contributed by atoms with Gasteiger partial charge in [-0.15, -0.1) is 12.4 Å². The lowest BCUT2D eigenvalue weighted by molar-refractivity contribution is 0.201. The molecule has 1 aromatic rings. The highest BCUT2D eigenvalue weighted by Gasteiger charge is 2.29. The van der Waals surface area contributed by atoms with E-state index < -0.39 is 0 Å². The molecule has 1 aliphatic rings. The van der Waals surface area contributed by atoms with E-state index in [0.717, 1.165) is 48.7 Å². The summed E-state index contributed by atoms with van der Waals surface area (Å²) in [5.74, 6) is 0.970. The molecule has 0 bridgehead atoms. The normalized spacial score (nSPS) is 21.4. The van der Waals surface area contributed by atoms with Crippen molar-refractivity contribution in [2.24, 2.45) is 5.41 Å². The zero-order valence-corrected chi connectivity index (χ0v) is 14.6. The predicted octanol–water partition coefficient (Wildman–Crippen LogP) is 2.56. The molecule has 5 heteroatoms. The second kappa shape index (κ2) is 7.43. The van der Waals surface area contributed by atoms with E-state index in [2.05, 4.69) is 36.1 Å². The van der Waals surface area contributed by atoms with Crippen LogP contribution in [0.4, 0.5) is 0 Å². The first-order valence-corrected chi connectivity index (χ1v) is 7.33. The first-order valence-electron chi connectivity index (χ1n) is 7.33. The molecular formula is C16H28ClN3O. The summed E-state index contributed by atoms with van der Waals surface area (Å²) in [6.45, 7) is 10.7. The molecular weight excluding hydrogens is 286 g/mol. The first-order chi connectivity index (χ1) is 9.45. The van der Waals surface area contributed by atoms with E-state index in [1.54, 1.807) is 7.11 Å². The summed E-state index contributed by atoms with van der Waals surface area (Å²) in [6, 6.07) is 0. The van der Waals surface area contributed by atoms with Crippen molar-refractivity contribution >= 4 is 12.4 Å². The average Bonchev–Trinajstić information content (AvgIpc) is 2.80. The molecule has 1 fully saturated rings. The van der Waals surface area contributed by atoms with Crippen molar-refractivity contribution in [3.8, 4) is 5.75 Å². The number of hydrogen-bond acceptors (Lipinski definition) is 4. The number of aromatic nitrogens is 1. The SMILES string of the molecule is COc1c(C)cnc(CN(C)CC2(C)CCNC2)c1C.Cl. The van der Waals surface area contributed by atoms with Gasteiger partial charge in [0.2, 0.25) is 0 Å². The summed E-state index contributed by atoms with van der Waals surface area (Å²) in [5.41, 5.74) is 3.76. The van der Waals surface area contributed by atoms with Crippen LogP contribution in [0.5, 0.6) is 5.75 Å². The van der Waals surface area contributed by atoms with Crippen LogP contribution < -0.4 is 10.1 Å². The van der Waals surface area contributed by atoms with Crippen molar-refractivity contribution in [1.29, 1.82) is 0 Å². The molecule has 2 rings (SSSR count). The van der Waals surface area contributed by atoms with Crippen LogP contribution in [0.3, 0.4) is 0 Å². The van der Waals surface area contributed by atoms with Crippen LogP contribution in [0, 0.1) is 19.3 Å². The van der Waals surface area contributed by atoms with E-state index in [4.69, 9.17) is 4.74 Å². The van der Waals surface area contributed by atoms with Gasteiger partial charge in [0.15, 0.2) is 0 Å². The number of hydrogen-bond donors (Lipinski definition) is 1. The van der Waals surface area contributed by atoms with E-state index in [-0.39, 0.29) is 12.4 Å². The third-order valence-corrected chi connectivity index (χ3v) is 4.28. The van der Waals surface area contributed by atoms with Gasteiger partial charge in [-0.05, 0) is 39.3 Å². The molecule has 1 unspecified atom stereocenters. The highest BCUT2D eigenvalue weighted by molar-refractivity contribution is 5.85. The highest BCUT2D eigenvalue weighted by Crippen LogP contribution is 2.27. The quantitative estimate of drug-likeness (QED) is 0.906. The molecule has 1 aliphatic heterocycles. The van der Waals surface area contributed by atoms with Crippen molar-refractivity contribution in [3.05, 3.63) is 23.0 Å². The fourth-order valence-corrected chi connectivity index (χ4v) is 3.20. The minimum Gasteiger partial charge on any atom is -0.496 e. The maximum absolute atomic E-state index is 5.48. The molecule has 1 aromatic heterocycles. The maximum Gasteiger partial charge on any atom is 0.128 e. The number of methoxy groups -OCH3 is 1. The molecule has 21 heavy (non-hydrogen) atoms. The highest BCUT2D eigenvalue weighted by atomic mass is 35.5. The van der Waals surface area contributed by atoms with E-state index in [1.165, 1.54) is 6.42 Å². The van der Waals surface area contributed by atoms with Crippen LogP contribution in [-0.2, 0) is 6.54 Å². The van der Waals surface area contributed by atoms with Gasteiger partial charge >= 0.3 is 0 Å².